The molecule has 0 aliphatic rings. The van der Waals surface area contributed by atoms with Gasteiger partial charge < -0.3 is 15.0 Å². The van der Waals surface area contributed by atoms with Crippen molar-refractivity contribution >= 4 is 11.9 Å². The van der Waals surface area contributed by atoms with Crippen LogP contribution in [-0.2, 0) is 16.1 Å². The molecule has 0 atom stereocenters. The monoisotopic (exact) mass is 224 g/mol. The fourth-order valence-corrected chi connectivity index (χ4v) is 1.39. The molecular formula is C11H16N2O3. The van der Waals surface area contributed by atoms with Crippen molar-refractivity contribution in [3.63, 3.8) is 0 Å². The van der Waals surface area contributed by atoms with E-state index in [1.165, 1.54) is 0 Å². The molecule has 0 aromatic carbocycles. The summed E-state index contributed by atoms with van der Waals surface area (Å²) in [5.41, 5.74) is 0.967. The van der Waals surface area contributed by atoms with Crippen molar-refractivity contribution in [2.75, 3.05) is 7.05 Å². The van der Waals surface area contributed by atoms with Crippen molar-refractivity contribution in [3.8, 4) is 0 Å². The van der Waals surface area contributed by atoms with E-state index in [-0.39, 0.29) is 18.7 Å². The third kappa shape index (κ3) is 4.16. The van der Waals surface area contributed by atoms with Gasteiger partial charge in [-0.3, -0.25) is 9.59 Å². The molecule has 0 unspecified atom stereocenters. The van der Waals surface area contributed by atoms with Gasteiger partial charge in [0.2, 0.25) is 5.91 Å². The van der Waals surface area contributed by atoms with Crippen LogP contribution in [0.3, 0.4) is 0 Å². The minimum Gasteiger partial charge on any atom is -0.481 e. The average molecular weight is 224 g/mol. The van der Waals surface area contributed by atoms with E-state index in [0.717, 1.165) is 5.69 Å². The number of hydrogen-bond acceptors (Lipinski definition) is 2. The number of carboxylic acids is 1. The summed E-state index contributed by atoms with van der Waals surface area (Å²) in [5.74, 6) is -0.893. The van der Waals surface area contributed by atoms with Crippen LogP contribution in [0.4, 0.5) is 0 Å². The van der Waals surface area contributed by atoms with Gasteiger partial charge in [0.1, 0.15) is 0 Å². The molecule has 1 aromatic rings. The van der Waals surface area contributed by atoms with Crippen molar-refractivity contribution in [2.24, 2.45) is 0 Å². The molecule has 0 radical (unpaired) electrons. The Balaban J connectivity index is 2.28. The van der Waals surface area contributed by atoms with E-state index >= 15 is 0 Å². The maximum absolute atomic E-state index is 11.6. The van der Waals surface area contributed by atoms with Crippen molar-refractivity contribution < 1.29 is 14.7 Å². The fraction of sp³-hybridized carbons (Fsp3) is 0.455. The summed E-state index contributed by atoms with van der Waals surface area (Å²) >= 11 is 0. The largest absolute Gasteiger partial charge is 0.481 e. The molecule has 1 amide bonds. The van der Waals surface area contributed by atoms with E-state index in [0.29, 0.717) is 13.0 Å². The van der Waals surface area contributed by atoms with Crippen LogP contribution in [0.1, 0.15) is 25.0 Å². The Hall–Kier alpha value is -1.78. The first-order valence-electron chi connectivity index (χ1n) is 5.17. The van der Waals surface area contributed by atoms with E-state index in [1.54, 1.807) is 18.1 Å². The number of hydrogen-bond donors (Lipinski definition) is 2. The van der Waals surface area contributed by atoms with Crippen molar-refractivity contribution in [2.45, 2.75) is 25.8 Å². The number of aromatic amines is 1. The predicted molar refractivity (Wildman–Crippen MR) is 58.8 cm³/mol. The molecular weight excluding hydrogens is 208 g/mol. The fourth-order valence-electron chi connectivity index (χ4n) is 1.39. The zero-order chi connectivity index (χ0) is 12.0. The molecule has 0 saturated heterocycles. The molecule has 0 bridgehead atoms. The molecule has 1 aromatic heterocycles. The maximum Gasteiger partial charge on any atom is 0.303 e. The van der Waals surface area contributed by atoms with Gasteiger partial charge in [0.25, 0.3) is 0 Å². The number of nitrogens with zero attached hydrogens (tertiary/aromatic N) is 1. The van der Waals surface area contributed by atoms with Crippen LogP contribution in [0.5, 0.6) is 0 Å². The van der Waals surface area contributed by atoms with Gasteiger partial charge in [0.15, 0.2) is 0 Å². The van der Waals surface area contributed by atoms with E-state index in [1.807, 2.05) is 12.1 Å². The quantitative estimate of drug-likeness (QED) is 0.763. The van der Waals surface area contributed by atoms with Gasteiger partial charge in [0.05, 0.1) is 6.54 Å². The first kappa shape index (κ1) is 12.3. The number of H-pyrrole nitrogens is 1. The Morgan fingerprint density at radius 1 is 1.44 bits per heavy atom. The van der Waals surface area contributed by atoms with Gasteiger partial charge in [-0.1, -0.05) is 0 Å². The van der Waals surface area contributed by atoms with Gasteiger partial charge in [-0.25, -0.2) is 0 Å². The van der Waals surface area contributed by atoms with Crippen LogP contribution in [0, 0.1) is 0 Å². The second-order valence-electron chi connectivity index (χ2n) is 3.69. The number of amides is 1. The Labute approximate surface area is 94.1 Å². The van der Waals surface area contributed by atoms with Gasteiger partial charge >= 0.3 is 5.97 Å². The van der Waals surface area contributed by atoms with Crippen LogP contribution in [-0.4, -0.2) is 33.9 Å². The number of nitrogens with one attached hydrogen (secondary N) is 1. The summed E-state index contributed by atoms with van der Waals surface area (Å²) in [6.07, 6.45) is 2.52. The topological polar surface area (TPSA) is 73.4 Å². The summed E-state index contributed by atoms with van der Waals surface area (Å²) < 4.78 is 0. The SMILES string of the molecule is CN(Cc1ccc[nH]1)C(=O)CCCC(=O)O. The molecule has 5 heteroatoms. The van der Waals surface area contributed by atoms with E-state index < -0.39 is 5.97 Å². The second-order valence-corrected chi connectivity index (χ2v) is 3.69. The number of rotatable bonds is 6. The normalized spacial score (nSPS) is 10.1. The lowest BCUT2D eigenvalue weighted by atomic mass is 10.2. The van der Waals surface area contributed by atoms with Crippen LogP contribution >= 0.6 is 0 Å². The predicted octanol–water partition coefficient (Wildman–Crippen LogP) is 1.23. The average Bonchev–Trinajstić information content (AvgIpc) is 2.69. The lowest BCUT2D eigenvalue weighted by molar-refractivity contribution is -0.137. The Morgan fingerprint density at radius 3 is 2.75 bits per heavy atom. The zero-order valence-electron chi connectivity index (χ0n) is 9.27. The smallest absolute Gasteiger partial charge is 0.303 e. The number of aromatic nitrogens is 1. The Bertz CT molecular complexity index is 346. The van der Waals surface area contributed by atoms with Crippen LogP contribution in [0.15, 0.2) is 18.3 Å². The third-order valence-electron chi connectivity index (χ3n) is 2.28. The maximum atomic E-state index is 11.6. The lowest BCUT2D eigenvalue weighted by Gasteiger charge is -2.15. The van der Waals surface area contributed by atoms with E-state index in [4.69, 9.17) is 5.11 Å². The zero-order valence-corrected chi connectivity index (χ0v) is 9.27. The highest BCUT2D eigenvalue weighted by Gasteiger charge is 2.10. The Kier molecular flexibility index (Phi) is 4.57. The molecule has 0 aliphatic carbocycles. The van der Waals surface area contributed by atoms with Crippen LogP contribution < -0.4 is 0 Å². The summed E-state index contributed by atoms with van der Waals surface area (Å²) in [5, 5.41) is 8.44. The molecule has 1 rings (SSSR count). The number of aliphatic carboxylic acids is 1. The highest BCUT2D eigenvalue weighted by atomic mass is 16.4. The molecule has 0 aliphatic heterocycles. The minimum atomic E-state index is -0.861. The molecule has 1 heterocycles. The van der Waals surface area contributed by atoms with Gasteiger partial charge in [-0.15, -0.1) is 0 Å². The van der Waals surface area contributed by atoms with Gasteiger partial charge in [0, 0.05) is 31.8 Å². The van der Waals surface area contributed by atoms with Crippen molar-refractivity contribution in [1.29, 1.82) is 0 Å². The van der Waals surface area contributed by atoms with Crippen molar-refractivity contribution in [3.05, 3.63) is 24.0 Å². The first-order chi connectivity index (χ1) is 7.59. The van der Waals surface area contributed by atoms with E-state index in [9.17, 15) is 9.59 Å². The summed E-state index contributed by atoms with van der Waals surface area (Å²) in [7, 11) is 1.71. The lowest BCUT2D eigenvalue weighted by Crippen LogP contribution is -2.26. The molecule has 0 fully saturated rings. The molecule has 0 saturated carbocycles. The standard InChI is InChI=1S/C11H16N2O3/c1-13(8-9-4-3-7-12-9)10(14)5-2-6-11(15)16/h3-4,7,12H,2,5-6,8H2,1H3,(H,15,16). The number of carboxylic acid groups (broad SMARTS) is 1. The molecule has 0 spiro atoms. The van der Waals surface area contributed by atoms with Crippen LogP contribution in [0.25, 0.3) is 0 Å². The van der Waals surface area contributed by atoms with Gasteiger partial charge in [-0.05, 0) is 18.6 Å². The van der Waals surface area contributed by atoms with Crippen molar-refractivity contribution in [1.82, 2.24) is 9.88 Å². The number of carbonyl (C=O) groups is 2. The van der Waals surface area contributed by atoms with Gasteiger partial charge in [-0.2, -0.15) is 0 Å². The van der Waals surface area contributed by atoms with E-state index in [2.05, 4.69) is 4.98 Å². The summed E-state index contributed by atoms with van der Waals surface area (Å²) in [6, 6.07) is 3.78. The molecule has 16 heavy (non-hydrogen) atoms. The Morgan fingerprint density at radius 2 is 2.19 bits per heavy atom. The molecule has 2 N–H and O–H groups in total. The number of carbonyl (C=O) groups excluding carboxylic acids is 1. The highest BCUT2D eigenvalue weighted by molar-refractivity contribution is 5.76. The molecule has 5 nitrogen and oxygen atoms in total. The molecule has 88 valence electrons. The highest BCUT2D eigenvalue weighted by Crippen LogP contribution is 2.04. The second kappa shape index (κ2) is 5.95. The summed E-state index contributed by atoms with van der Waals surface area (Å²) in [4.78, 5) is 26.4. The summed E-state index contributed by atoms with van der Waals surface area (Å²) in [6.45, 7) is 0.527. The minimum absolute atomic E-state index is 0.0316. The first-order valence-corrected chi connectivity index (χ1v) is 5.17. The van der Waals surface area contributed by atoms with Crippen LogP contribution in [0.2, 0.25) is 0 Å². The third-order valence-corrected chi connectivity index (χ3v) is 2.28.